The quantitative estimate of drug-likeness (QED) is 0.590. The van der Waals surface area contributed by atoms with Gasteiger partial charge in [-0.25, -0.2) is 9.78 Å². The molecule has 0 fully saturated rings. The molecule has 2 rings (SSSR count). The number of thiocarbonyl (C=S) groups is 1. The van der Waals surface area contributed by atoms with Crippen molar-refractivity contribution < 1.29 is 9.90 Å². The van der Waals surface area contributed by atoms with Crippen LogP contribution in [0, 0.1) is 0 Å². The number of benzene rings is 1. The molecule has 2 N–H and O–H groups in total. The first-order chi connectivity index (χ1) is 11.9. The summed E-state index contributed by atoms with van der Waals surface area (Å²) >= 11 is 5.62. The number of hydrogen-bond donors (Lipinski definition) is 2. The summed E-state index contributed by atoms with van der Waals surface area (Å²) in [6.07, 6.45) is 1.33. The number of pyridine rings is 1. The van der Waals surface area contributed by atoms with E-state index in [4.69, 9.17) is 17.3 Å². The Labute approximate surface area is 162 Å². The zero-order chi connectivity index (χ0) is 19.7. The van der Waals surface area contributed by atoms with Crippen LogP contribution in [0.25, 0.3) is 0 Å². The predicted molar refractivity (Wildman–Crippen MR) is 119 cm³/mol. The standard InChI is InChI=1S/C19H26N2O2SSi2/c1-25(2,3)15-9-14(10-16(11-15)26(4,5)6)18(24)21-17-8-7-13(12-20-17)19(22)23/h7-12H,1-6H3,(H,22,23)(H,20,21,24). The first-order valence-electron chi connectivity index (χ1n) is 8.55. The second-order valence-electron chi connectivity index (χ2n) is 8.49. The Morgan fingerprint density at radius 2 is 1.50 bits per heavy atom. The summed E-state index contributed by atoms with van der Waals surface area (Å²) in [5.41, 5.74) is 1.16. The highest BCUT2D eigenvalue weighted by Gasteiger charge is 2.23. The molecule has 0 amide bonds. The second-order valence-corrected chi connectivity index (χ2v) is 19.1. The van der Waals surface area contributed by atoms with Crippen LogP contribution in [0.15, 0.2) is 36.5 Å². The molecule has 1 aromatic carbocycles. The molecule has 0 aliphatic carbocycles. The number of carboxylic acids is 1. The highest BCUT2D eigenvalue weighted by atomic mass is 32.1. The van der Waals surface area contributed by atoms with Crippen molar-refractivity contribution >= 4 is 55.5 Å². The van der Waals surface area contributed by atoms with Crippen LogP contribution in [0.4, 0.5) is 5.82 Å². The third-order valence-corrected chi connectivity index (χ3v) is 8.56. The van der Waals surface area contributed by atoms with Gasteiger partial charge < -0.3 is 10.4 Å². The van der Waals surface area contributed by atoms with Crippen LogP contribution >= 0.6 is 12.2 Å². The average molecular weight is 403 g/mol. The predicted octanol–water partition coefficient (Wildman–Crippen LogP) is 3.66. The maximum Gasteiger partial charge on any atom is 0.337 e. The van der Waals surface area contributed by atoms with Gasteiger partial charge in [-0.15, -0.1) is 0 Å². The molecule has 0 saturated carbocycles. The first kappa shape index (κ1) is 20.5. The molecule has 0 unspecified atom stereocenters. The molecule has 0 aliphatic heterocycles. The van der Waals surface area contributed by atoms with Gasteiger partial charge in [0.2, 0.25) is 0 Å². The molecule has 0 aliphatic rings. The van der Waals surface area contributed by atoms with Crippen LogP contribution in [0.1, 0.15) is 15.9 Å². The van der Waals surface area contributed by atoms with E-state index in [0.717, 1.165) is 5.56 Å². The third-order valence-electron chi connectivity index (χ3n) is 4.18. The Hall–Kier alpha value is -1.84. The summed E-state index contributed by atoms with van der Waals surface area (Å²) in [6, 6.07) is 9.90. The van der Waals surface area contributed by atoms with Gasteiger partial charge in [0.15, 0.2) is 0 Å². The van der Waals surface area contributed by atoms with Gasteiger partial charge in [-0.1, -0.05) is 80.1 Å². The molecule has 0 bridgehead atoms. The zero-order valence-corrected chi connectivity index (χ0v) is 19.0. The lowest BCUT2D eigenvalue weighted by atomic mass is 10.2. The number of nitrogens with one attached hydrogen (secondary N) is 1. The second kappa shape index (κ2) is 7.42. The number of rotatable bonds is 5. The van der Waals surface area contributed by atoms with E-state index < -0.39 is 22.1 Å². The Balaban J connectivity index is 2.37. The largest absolute Gasteiger partial charge is 0.478 e. The molecule has 4 nitrogen and oxygen atoms in total. The first-order valence-corrected chi connectivity index (χ1v) is 16.0. The van der Waals surface area contributed by atoms with E-state index in [1.54, 1.807) is 6.07 Å². The molecule has 0 atom stereocenters. The van der Waals surface area contributed by atoms with E-state index in [1.807, 2.05) is 0 Å². The summed E-state index contributed by atoms with van der Waals surface area (Å²) in [5, 5.41) is 14.9. The molecule has 2 aromatic rings. The van der Waals surface area contributed by atoms with Gasteiger partial charge in [0.1, 0.15) is 10.8 Å². The van der Waals surface area contributed by atoms with Crippen LogP contribution in [-0.2, 0) is 0 Å². The third kappa shape index (κ3) is 5.09. The van der Waals surface area contributed by atoms with Crippen molar-refractivity contribution in [3.8, 4) is 0 Å². The lowest BCUT2D eigenvalue weighted by Crippen LogP contribution is -2.45. The molecule has 7 heteroatoms. The van der Waals surface area contributed by atoms with Crippen LogP contribution in [0.5, 0.6) is 0 Å². The fraction of sp³-hybridized carbons (Fsp3) is 0.316. The molecule has 1 aromatic heterocycles. The van der Waals surface area contributed by atoms with Gasteiger partial charge in [0, 0.05) is 11.8 Å². The van der Waals surface area contributed by atoms with Crippen LogP contribution < -0.4 is 15.7 Å². The molecule has 138 valence electrons. The minimum absolute atomic E-state index is 0.156. The average Bonchev–Trinajstić information content (AvgIpc) is 2.53. The Morgan fingerprint density at radius 1 is 0.962 bits per heavy atom. The van der Waals surface area contributed by atoms with E-state index in [1.165, 1.54) is 22.6 Å². The van der Waals surface area contributed by atoms with Gasteiger partial charge in [0.05, 0.1) is 21.7 Å². The number of nitrogens with zero attached hydrogens (tertiary/aromatic N) is 1. The number of hydrogen-bond acceptors (Lipinski definition) is 3. The lowest BCUT2D eigenvalue weighted by molar-refractivity contribution is 0.0696. The van der Waals surface area contributed by atoms with E-state index >= 15 is 0 Å². The molecule has 26 heavy (non-hydrogen) atoms. The minimum atomic E-state index is -1.48. The van der Waals surface area contributed by atoms with Crippen LogP contribution in [0.3, 0.4) is 0 Å². The highest BCUT2D eigenvalue weighted by Crippen LogP contribution is 2.12. The monoisotopic (exact) mass is 402 g/mol. The van der Waals surface area contributed by atoms with Gasteiger partial charge in [-0.3, -0.25) is 0 Å². The highest BCUT2D eigenvalue weighted by molar-refractivity contribution is 7.81. The number of anilines is 1. The van der Waals surface area contributed by atoms with Crippen molar-refractivity contribution in [1.29, 1.82) is 0 Å². The van der Waals surface area contributed by atoms with Crippen molar-refractivity contribution in [3.05, 3.63) is 47.7 Å². The number of aromatic carboxylic acids is 1. The van der Waals surface area contributed by atoms with Crippen molar-refractivity contribution in [3.63, 3.8) is 0 Å². The topological polar surface area (TPSA) is 62.2 Å². The number of aromatic nitrogens is 1. The van der Waals surface area contributed by atoms with Gasteiger partial charge >= 0.3 is 5.97 Å². The molecular formula is C19H26N2O2SSi2. The van der Waals surface area contributed by atoms with Crippen molar-refractivity contribution in [2.45, 2.75) is 39.3 Å². The maximum atomic E-state index is 10.9. The molecular weight excluding hydrogens is 376 g/mol. The molecule has 0 saturated heterocycles. The summed E-state index contributed by atoms with van der Waals surface area (Å²) in [7, 11) is -2.96. The molecule has 0 radical (unpaired) electrons. The summed E-state index contributed by atoms with van der Waals surface area (Å²) < 4.78 is 0. The van der Waals surface area contributed by atoms with Crippen molar-refractivity contribution in [1.82, 2.24) is 4.98 Å². The SMILES string of the molecule is C[Si](C)(C)c1cc(C(=S)Nc2ccc(C(=O)O)cn2)cc([Si](C)(C)C)c1. The summed E-state index contributed by atoms with van der Waals surface area (Å²) in [4.78, 5) is 15.7. The van der Waals surface area contributed by atoms with Crippen molar-refractivity contribution in [2.75, 3.05) is 5.32 Å². The minimum Gasteiger partial charge on any atom is -0.478 e. The van der Waals surface area contributed by atoms with Gasteiger partial charge in [0.25, 0.3) is 0 Å². The van der Waals surface area contributed by atoms with E-state index in [0.29, 0.717) is 10.8 Å². The number of carbonyl (C=O) groups is 1. The fourth-order valence-electron chi connectivity index (χ4n) is 2.41. The lowest BCUT2D eigenvalue weighted by Gasteiger charge is -2.24. The Bertz CT molecular complexity index is 806. The summed E-state index contributed by atoms with van der Waals surface area (Å²) in [5.74, 6) is -0.442. The van der Waals surface area contributed by atoms with Gasteiger partial charge in [-0.2, -0.15) is 0 Å². The molecule has 0 spiro atoms. The normalized spacial score (nSPS) is 11.9. The smallest absolute Gasteiger partial charge is 0.337 e. The molecule has 1 heterocycles. The Morgan fingerprint density at radius 3 is 1.88 bits per heavy atom. The van der Waals surface area contributed by atoms with E-state index in [-0.39, 0.29) is 5.56 Å². The number of carboxylic acid groups (broad SMARTS) is 1. The van der Waals surface area contributed by atoms with E-state index in [9.17, 15) is 4.79 Å². The Kier molecular flexibility index (Phi) is 5.84. The zero-order valence-electron chi connectivity index (χ0n) is 16.2. The maximum absolute atomic E-state index is 10.9. The van der Waals surface area contributed by atoms with Crippen LogP contribution in [-0.4, -0.2) is 37.2 Å². The van der Waals surface area contributed by atoms with E-state index in [2.05, 4.69) is 67.8 Å². The fourth-order valence-corrected chi connectivity index (χ4v) is 5.13. The van der Waals surface area contributed by atoms with Crippen LogP contribution in [0.2, 0.25) is 39.3 Å². The van der Waals surface area contributed by atoms with Crippen molar-refractivity contribution in [2.24, 2.45) is 0 Å². The van der Waals surface area contributed by atoms with Gasteiger partial charge in [-0.05, 0) is 12.1 Å². The summed E-state index contributed by atoms with van der Waals surface area (Å²) in [6.45, 7) is 14.0.